The lowest BCUT2D eigenvalue weighted by molar-refractivity contribution is 0.389. The van der Waals surface area contributed by atoms with Crippen molar-refractivity contribution in [3.63, 3.8) is 0 Å². The lowest BCUT2D eigenvalue weighted by Crippen LogP contribution is -2.11. The minimum atomic E-state index is 0.0772. The highest BCUT2D eigenvalue weighted by atomic mass is 79.9. The van der Waals surface area contributed by atoms with Crippen LogP contribution in [0.4, 0.5) is 0 Å². The molecule has 4 atom stereocenters. The van der Waals surface area contributed by atoms with Crippen molar-refractivity contribution >= 4 is 31.9 Å². The molecule has 0 radical (unpaired) electrons. The Balaban J connectivity index is 2.27. The van der Waals surface area contributed by atoms with Crippen molar-refractivity contribution in [1.82, 2.24) is 0 Å². The van der Waals surface area contributed by atoms with Gasteiger partial charge in [-0.2, -0.15) is 0 Å². The molecule has 2 aromatic rings. The van der Waals surface area contributed by atoms with E-state index in [1.165, 1.54) is 16.7 Å². The average molecular weight is 454 g/mol. The number of ether oxygens (including phenoxy) is 2. The second kappa shape index (κ2) is 7.09. The van der Waals surface area contributed by atoms with Crippen LogP contribution in [0.1, 0.15) is 57.6 Å². The van der Waals surface area contributed by atoms with Crippen LogP contribution in [0.5, 0.6) is 11.5 Å². The van der Waals surface area contributed by atoms with Crippen molar-refractivity contribution < 1.29 is 9.47 Å². The monoisotopic (exact) mass is 452 g/mol. The van der Waals surface area contributed by atoms with Crippen LogP contribution in [-0.4, -0.2) is 14.2 Å². The highest BCUT2D eigenvalue weighted by molar-refractivity contribution is 9.12. The third-order valence-electron chi connectivity index (χ3n) is 5.16. The number of benzene rings is 2. The Morgan fingerprint density at radius 3 is 1.79 bits per heavy atom. The topological polar surface area (TPSA) is 18.5 Å². The molecule has 6 rings (SSSR count). The predicted molar refractivity (Wildman–Crippen MR) is 106 cm³/mol. The summed E-state index contributed by atoms with van der Waals surface area (Å²) in [5, 5.41) is 0. The van der Waals surface area contributed by atoms with Gasteiger partial charge in [-0.15, -0.1) is 0 Å². The summed E-state index contributed by atoms with van der Waals surface area (Å²) in [5.41, 5.74) is 4.85. The normalized spacial score (nSPS) is 25.9. The summed E-state index contributed by atoms with van der Waals surface area (Å²) >= 11 is 7.69. The third-order valence-corrected chi connectivity index (χ3v) is 7.95. The zero-order chi connectivity index (χ0) is 17.4. The molecule has 4 aliphatic carbocycles. The van der Waals surface area contributed by atoms with Crippen molar-refractivity contribution in [2.45, 2.75) is 35.3 Å². The van der Waals surface area contributed by atoms with Gasteiger partial charge in [0.25, 0.3) is 0 Å². The minimum absolute atomic E-state index is 0.0772. The lowest BCUT2D eigenvalue weighted by Gasteiger charge is -2.28. The fourth-order valence-electron chi connectivity index (χ4n) is 3.38. The van der Waals surface area contributed by atoms with Crippen LogP contribution < -0.4 is 9.47 Å². The molecule has 4 bridgehead atoms. The third kappa shape index (κ3) is 2.99. The standard InChI is InChI=1S/C20H22Br2O2/c1-11-12(2)15-9-18(24-4)16(10-17(15)23-3)20(22)19(21)14-7-5-13(11)6-8-14/h5-12,19-20H,1-4H3/t11-,12+,19-,20-/m0/s1. The first-order chi connectivity index (χ1) is 11.5. The molecule has 24 heavy (non-hydrogen) atoms. The number of alkyl halides is 2. The van der Waals surface area contributed by atoms with E-state index in [9.17, 15) is 0 Å². The van der Waals surface area contributed by atoms with Gasteiger partial charge < -0.3 is 9.47 Å². The molecule has 0 saturated heterocycles. The Bertz CT molecular complexity index is 664. The molecule has 128 valence electrons. The maximum atomic E-state index is 5.72. The van der Waals surface area contributed by atoms with E-state index in [1.807, 2.05) is 0 Å². The molecule has 0 aromatic heterocycles. The largest absolute Gasteiger partial charge is 0.496 e. The summed E-state index contributed by atoms with van der Waals surface area (Å²) in [6, 6.07) is 13.1. The van der Waals surface area contributed by atoms with E-state index in [4.69, 9.17) is 9.47 Å². The molecular weight excluding hydrogens is 432 g/mol. The Morgan fingerprint density at radius 1 is 0.708 bits per heavy atom. The van der Waals surface area contributed by atoms with Crippen LogP contribution in [0.25, 0.3) is 0 Å². The van der Waals surface area contributed by atoms with Crippen molar-refractivity contribution in [3.8, 4) is 11.5 Å². The molecule has 2 aromatic carbocycles. The van der Waals surface area contributed by atoms with Gasteiger partial charge in [0.2, 0.25) is 0 Å². The Kier molecular flexibility index (Phi) is 5.26. The Hall–Kier alpha value is -1.000. The van der Waals surface area contributed by atoms with Crippen LogP contribution in [0.15, 0.2) is 36.4 Å². The van der Waals surface area contributed by atoms with Crippen LogP contribution in [0, 0.1) is 0 Å². The van der Waals surface area contributed by atoms with Gasteiger partial charge >= 0.3 is 0 Å². The second-order valence-electron chi connectivity index (χ2n) is 6.38. The lowest BCUT2D eigenvalue weighted by atomic mass is 9.82. The molecule has 0 amide bonds. The first-order valence-corrected chi connectivity index (χ1v) is 9.94. The molecule has 0 aliphatic heterocycles. The first kappa shape index (κ1) is 17.8. The molecule has 0 fully saturated rings. The number of methoxy groups -OCH3 is 2. The molecule has 0 saturated carbocycles. The van der Waals surface area contributed by atoms with E-state index in [1.54, 1.807) is 14.2 Å². The SMILES string of the molecule is COc1cc2c(OC)cc1[C@H](C)[C@H](C)c1ccc(cc1)[C@H](Br)[C@H]2Br. The van der Waals surface area contributed by atoms with Crippen LogP contribution in [0.2, 0.25) is 0 Å². The van der Waals surface area contributed by atoms with Crippen molar-refractivity contribution in [2.75, 3.05) is 14.2 Å². The predicted octanol–water partition coefficient (Wildman–Crippen LogP) is 6.50. The van der Waals surface area contributed by atoms with E-state index < -0.39 is 0 Å². The van der Waals surface area contributed by atoms with E-state index in [0.717, 1.165) is 17.1 Å². The Labute approximate surface area is 160 Å². The molecule has 0 unspecified atom stereocenters. The van der Waals surface area contributed by atoms with Crippen molar-refractivity contribution in [2.24, 2.45) is 0 Å². The summed E-state index contributed by atoms with van der Waals surface area (Å²) < 4.78 is 11.4. The van der Waals surface area contributed by atoms with Gasteiger partial charge in [-0.05, 0) is 35.1 Å². The minimum Gasteiger partial charge on any atom is -0.496 e. The molecule has 0 N–H and O–H groups in total. The summed E-state index contributed by atoms with van der Waals surface area (Å²) in [6.45, 7) is 4.52. The molecule has 0 heterocycles. The zero-order valence-electron chi connectivity index (χ0n) is 14.3. The molecular formula is C20H22Br2O2. The van der Waals surface area contributed by atoms with Gasteiger partial charge in [0.05, 0.1) is 23.9 Å². The van der Waals surface area contributed by atoms with Gasteiger partial charge in [0, 0.05) is 11.1 Å². The smallest absolute Gasteiger partial charge is 0.123 e. The quantitative estimate of drug-likeness (QED) is 0.483. The fourth-order valence-corrected chi connectivity index (χ4v) is 4.64. The molecule has 4 aliphatic rings. The Morgan fingerprint density at radius 2 is 1.21 bits per heavy atom. The van der Waals surface area contributed by atoms with Gasteiger partial charge in [-0.3, -0.25) is 0 Å². The molecule has 4 heteroatoms. The number of hydrogen-bond donors (Lipinski definition) is 0. The van der Waals surface area contributed by atoms with E-state index in [2.05, 4.69) is 82.1 Å². The maximum Gasteiger partial charge on any atom is 0.123 e. The number of hydrogen-bond acceptors (Lipinski definition) is 2. The van der Waals surface area contributed by atoms with Crippen LogP contribution in [-0.2, 0) is 0 Å². The van der Waals surface area contributed by atoms with Gasteiger partial charge in [0.1, 0.15) is 11.5 Å². The van der Waals surface area contributed by atoms with Crippen LogP contribution in [0.3, 0.4) is 0 Å². The summed E-state index contributed by atoms with van der Waals surface area (Å²) in [5.74, 6) is 2.52. The number of halogens is 2. The van der Waals surface area contributed by atoms with Gasteiger partial charge in [-0.25, -0.2) is 0 Å². The second-order valence-corrected chi connectivity index (χ2v) is 8.36. The molecule has 0 spiro atoms. The molecule has 2 nitrogen and oxygen atoms in total. The summed E-state index contributed by atoms with van der Waals surface area (Å²) in [7, 11) is 3.47. The van der Waals surface area contributed by atoms with E-state index in [0.29, 0.717) is 11.8 Å². The maximum absolute atomic E-state index is 5.72. The van der Waals surface area contributed by atoms with E-state index >= 15 is 0 Å². The highest BCUT2D eigenvalue weighted by Crippen LogP contribution is 2.49. The van der Waals surface area contributed by atoms with Gasteiger partial charge in [0.15, 0.2) is 0 Å². The highest BCUT2D eigenvalue weighted by Gasteiger charge is 2.28. The fraction of sp³-hybridized carbons (Fsp3) is 0.400. The van der Waals surface area contributed by atoms with Crippen molar-refractivity contribution in [3.05, 3.63) is 58.7 Å². The van der Waals surface area contributed by atoms with Gasteiger partial charge in [-0.1, -0.05) is 70.0 Å². The summed E-state index contributed by atoms with van der Waals surface area (Å²) in [6.07, 6.45) is 0. The summed E-state index contributed by atoms with van der Waals surface area (Å²) in [4.78, 5) is 0.219. The van der Waals surface area contributed by atoms with E-state index in [-0.39, 0.29) is 9.65 Å². The zero-order valence-corrected chi connectivity index (χ0v) is 17.5. The van der Waals surface area contributed by atoms with Crippen LogP contribution >= 0.6 is 31.9 Å². The average Bonchev–Trinajstić information content (AvgIpc) is 2.63. The van der Waals surface area contributed by atoms with Crippen molar-refractivity contribution in [1.29, 1.82) is 0 Å². The first-order valence-electron chi connectivity index (χ1n) is 8.11. The number of rotatable bonds is 2.